The summed E-state index contributed by atoms with van der Waals surface area (Å²) in [4.78, 5) is 246. The molecule has 0 saturated carbocycles. The summed E-state index contributed by atoms with van der Waals surface area (Å²) in [5.74, 6) is -48.5. The van der Waals surface area contributed by atoms with E-state index in [1.165, 1.54) is 0 Å². The largest absolute Gasteiger partial charge is 0.478 e. The molecular weight excluding hydrogens is 1300 g/mol. The fourth-order valence-corrected chi connectivity index (χ4v) is 10.3. The second kappa shape index (κ2) is 37.4. The highest BCUT2D eigenvalue weighted by molar-refractivity contribution is 6.29. The van der Waals surface area contributed by atoms with Crippen molar-refractivity contribution in [3.8, 4) is 0 Å². The maximum atomic E-state index is 15.3. The average molecular weight is 1370 g/mol. The molecule has 0 aromatic heterocycles. The van der Waals surface area contributed by atoms with E-state index in [2.05, 4.69) is 0 Å². The first-order valence-corrected chi connectivity index (χ1v) is 30.1. The van der Waals surface area contributed by atoms with Crippen molar-refractivity contribution in [2.45, 2.75) is 156 Å². The number of hydrogen-bond donors (Lipinski definition) is 11. The number of benzene rings is 3. The van der Waals surface area contributed by atoms with Gasteiger partial charge in [0.05, 0.1) is 120 Å². The number of hydrogen-bond acceptors (Lipinski definition) is 23. The number of carbonyl (C=O) groups is 18. The molecule has 0 unspecified atom stereocenters. The molecule has 11 N–H and O–H groups in total. The normalized spacial score (nSPS) is 10.8. The van der Waals surface area contributed by atoms with Gasteiger partial charge in [0.2, 0.25) is 0 Å². The number of esters is 7. The maximum absolute atomic E-state index is 15.3. The highest BCUT2D eigenvalue weighted by atomic mass is 16.6. The zero-order valence-corrected chi connectivity index (χ0v) is 52.3. The van der Waals surface area contributed by atoms with Crippen LogP contribution in [-0.4, -0.2) is 183 Å². The van der Waals surface area contributed by atoms with Gasteiger partial charge in [0.25, 0.3) is 0 Å². The lowest BCUT2D eigenvalue weighted by molar-refractivity contribution is 0.0339. The van der Waals surface area contributed by atoms with E-state index in [1.54, 1.807) is 0 Å². The molecule has 3 aromatic rings. The summed E-state index contributed by atoms with van der Waals surface area (Å²) in [6, 6.07) is 0. The van der Waals surface area contributed by atoms with Crippen LogP contribution in [0.1, 0.15) is 342 Å². The number of carbonyl (C=O) groups excluding carboxylic acids is 7. The highest BCUT2D eigenvalue weighted by Crippen LogP contribution is 2.37. The van der Waals surface area contributed by atoms with Crippen LogP contribution in [-0.2, 0) is 23.7 Å². The number of carboxylic acid groups (broad SMARTS) is 11. The lowest BCUT2D eigenvalue weighted by atomic mass is 9.85. The minimum absolute atomic E-state index is 0.0674. The summed E-state index contributed by atoms with van der Waals surface area (Å²) < 4.78 is 25.7. The average Bonchev–Trinajstić information content (AvgIpc) is 0.738. The van der Waals surface area contributed by atoms with Gasteiger partial charge in [-0.05, 0) is 19.3 Å². The van der Waals surface area contributed by atoms with Crippen LogP contribution in [0.25, 0.3) is 0 Å². The molecule has 34 nitrogen and oxygen atoms in total. The van der Waals surface area contributed by atoms with Crippen molar-refractivity contribution in [2.24, 2.45) is 0 Å². The van der Waals surface area contributed by atoms with Gasteiger partial charge in [0.15, 0.2) is 0 Å². The number of aromatic carboxylic acids is 11. The zero-order chi connectivity index (χ0) is 73.3. The van der Waals surface area contributed by atoms with Crippen LogP contribution in [0.5, 0.6) is 0 Å². The summed E-state index contributed by atoms with van der Waals surface area (Å²) in [7, 11) is 0. The SMILES string of the molecule is CCCCCCCCCOC(=O)c1c(C(=O)O)c(C(=O)OC(=O)c2c(C(=O)O)c(C(=O)O)c(C(=O)O)c(C(=O)O)c2C(=O)O)c(C(=O)OC(=O)c2c(C(=O)O)c(C(=O)O)c(C(=O)O)c(C(=O)O)c2C(=O)O)c(C(=O)OCCCCCCCCC)c1C(=O)OCCCCCCCCC. The highest BCUT2D eigenvalue weighted by Gasteiger charge is 2.48. The molecule has 0 bridgehead atoms. The predicted molar refractivity (Wildman–Crippen MR) is 320 cm³/mol. The molecule has 97 heavy (non-hydrogen) atoms. The zero-order valence-electron chi connectivity index (χ0n) is 52.3. The van der Waals surface area contributed by atoms with Crippen LogP contribution in [0.2, 0.25) is 0 Å². The summed E-state index contributed by atoms with van der Waals surface area (Å²) in [5.41, 5.74) is -39.8. The molecule has 0 aliphatic rings. The maximum Gasteiger partial charge on any atom is 0.347 e. The van der Waals surface area contributed by atoms with Crippen molar-refractivity contribution in [3.63, 3.8) is 0 Å². The predicted octanol–water partition coefficient (Wildman–Crippen LogP) is 9.08. The summed E-state index contributed by atoms with van der Waals surface area (Å²) in [5, 5.41) is 113. The van der Waals surface area contributed by atoms with Crippen molar-refractivity contribution < 1.29 is 166 Å². The number of carboxylic acids is 11. The molecule has 0 fully saturated rings. The van der Waals surface area contributed by atoms with Gasteiger partial charge >= 0.3 is 107 Å². The topological polar surface area (TPSA) is 576 Å². The van der Waals surface area contributed by atoms with Crippen LogP contribution < -0.4 is 0 Å². The molecule has 34 heteroatoms. The third-order valence-corrected chi connectivity index (χ3v) is 14.6. The molecule has 0 amide bonds. The molecule has 0 aliphatic carbocycles. The van der Waals surface area contributed by atoms with Crippen LogP contribution in [0, 0.1) is 0 Å². The van der Waals surface area contributed by atoms with Gasteiger partial charge in [-0.3, -0.25) is 0 Å². The quantitative estimate of drug-likeness (QED) is 0.0109. The van der Waals surface area contributed by atoms with E-state index < -0.39 is 227 Å². The Morgan fingerprint density at radius 2 is 0.309 bits per heavy atom. The molecule has 3 aromatic carbocycles. The van der Waals surface area contributed by atoms with Crippen molar-refractivity contribution in [1.82, 2.24) is 0 Å². The van der Waals surface area contributed by atoms with Gasteiger partial charge in [-0.2, -0.15) is 0 Å². The van der Waals surface area contributed by atoms with Crippen LogP contribution in [0.15, 0.2) is 0 Å². The Morgan fingerprint density at radius 1 is 0.186 bits per heavy atom. The Hall–Kier alpha value is -11.5. The van der Waals surface area contributed by atoms with Crippen molar-refractivity contribution in [1.29, 1.82) is 0 Å². The lowest BCUT2D eigenvalue weighted by Gasteiger charge is -2.22. The Morgan fingerprint density at radius 3 is 0.495 bits per heavy atom. The van der Waals surface area contributed by atoms with Crippen molar-refractivity contribution >= 4 is 107 Å². The number of ether oxygens (including phenoxy) is 5. The van der Waals surface area contributed by atoms with Crippen molar-refractivity contribution in [2.75, 3.05) is 19.8 Å². The monoisotopic (exact) mass is 1370 g/mol. The Labute approximate surface area is 547 Å². The molecule has 0 saturated heterocycles. The van der Waals surface area contributed by atoms with Gasteiger partial charge in [-0.25, -0.2) is 86.3 Å². The van der Waals surface area contributed by atoms with Gasteiger partial charge < -0.3 is 79.9 Å². The fraction of sp³-hybridized carbons (Fsp3) is 0.429. The minimum Gasteiger partial charge on any atom is -0.478 e. The Kier molecular flexibility index (Phi) is 30.8. The van der Waals surface area contributed by atoms with E-state index >= 15 is 14.4 Å². The van der Waals surface area contributed by atoms with E-state index in [0.29, 0.717) is 38.5 Å². The second-order valence-corrected chi connectivity index (χ2v) is 21.2. The van der Waals surface area contributed by atoms with Crippen LogP contribution >= 0.6 is 0 Å². The van der Waals surface area contributed by atoms with E-state index in [4.69, 9.17) is 23.7 Å². The van der Waals surface area contributed by atoms with Crippen molar-refractivity contribution in [3.05, 3.63) is 100 Å². The van der Waals surface area contributed by atoms with Crippen LogP contribution in [0.4, 0.5) is 0 Å². The van der Waals surface area contributed by atoms with E-state index in [9.17, 15) is 128 Å². The van der Waals surface area contributed by atoms with Gasteiger partial charge in [0, 0.05) is 0 Å². The summed E-state index contributed by atoms with van der Waals surface area (Å²) in [6.45, 7) is 3.50. The minimum atomic E-state index is -2.99. The molecular formula is C63H68O34. The standard InChI is InChI=1S/C63H68O34/c1-4-7-10-13-16-19-22-25-93-57(86)41-38(56(84)85)42(62(91)96-60(89)39-34(52(76)77)30(48(68)69)28(46(64)65)31(49(70)71)35(39)53(78)79)45(44(59(88)95-27-24-21-18-15-12-9-6-3)43(41)58(87)94-26-23-20-17-14-11-8-5-2)63(92)97-61(90)40-36(54(80)81)32(50(72)73)29(47(66)67)33(51(74)75)37(40)55(82)83/h4-27H2,1-3H3,(H,64,65)(H,66,67)(H,68,69)(H,70,71)(H,72,73)(H,74,75)(H,76,77)(H,78,79)(H,80,81)(H,82,83)(H,84,85). The number of rotatable bonds is 42. The Balaban J connectivity index is 2.89. The smallest absolute Gasteiger partial charge is 0.347 e. The second-order valence-electron chi connectivity index (χ2n) is 21.2. The molecule has 0 aliphatic heterocycles. The Bertz CT molecular complexity index is 3610. The molecule has 0 atom stereocenters. The molecule has 0 radical (unpaired) electrons. The first kappa shape index (κ1) is 79.8. The van der Waals surface area contributed by atoms with E-state index in [-0.39, 0.29) is 38.5 Å². The van der Waals surface area contributed by atoms with Gasteiger partial charge in [-0.15, -0.1) is 0 Å². The number of unbranched alkanes of at least 4 members (excludes halogenated alkanes) is 18. The summed E-state index contributed by atoms with van der Waals surface area (Å²) in [6.07, 6.45) is 11.1. The molecule has 3 rings (SSSR count). The third kappa shape index (κ3) is 19.8. The molecule has 524 valence electrons. The molecule has 0 heterocycles. The fourth-order valence-electron chi connectivity index (χ4n) is 10.3. The van der Waals surface area contributed by atoms with Crippen LogP contribution in [0.3, 0.4) is 0 Å². The van der Waals surface area contributed by atoms with Gasteiger partial charge in [0.1, 0.15) is 0 Å². The van der Waals surface area contributed by atoms with E-state index in [0.717, 1.165) is 57.8 Å². The summed E-state index contributed by atoms with van der Waals surface area (Å²) >= 11 is 0. The first-order valence-electron chi connectivity index (χ1n) is 30.1. The van der Waals surface area contributed by atoms with Gasteiger partial charge in [-0.1, -0.05) is 136 Å². The van der Waals surface area contributed by atoms with E-state index in [1.807, 2.05) is 20.8 Å². The first-order chi connectivity index (χ1) is 45.7. The molecule has 0 spiro atoms. The third-order valence-electron chi connectivity index (χ3n) is 14.6. The lowest BCUT2D eigenvalue weighted by Crippen LogP contribution is -2.33.